The van der Waals surface area contributed by atoms with E-state index in [4.69, 9.17) is 4.74 Å². The highest BCUT2D eigenvalue weighted by atomic mass is 32.2. The zero-order chi connectivity index (χ0) is 20.9. The van der Waals surface area contributed by atoms with E-state index in [0.29, 0.717) is 35.8 Å². The fourth-order valence-electron chi connectivity index (χ4n) is 2.84. The second-order valence-corrected chi connectivity index (χ2v) is 8.29. The van der Waals surface area contributed by atoms with Crippen LogP contribution in [-0.4, -0.2) is 52.9 Å². The number of sulfonamides is 1. The molecule has 0 heterocycles. The third kappa shape index (κ3) is 4.63. The lowest BCUT2D eigenvalue weighted by atomic mass is 10.2. The molecule has 0 aliphatic heterocycles. The van der Waals surface area contributed by atoms with Gasteiger partial charge < -0.3 is 15.0 Å². The lowest BCUT2D eigenvalue weighted by Gasteiger charge is -2.22. The lowest BCUT2D eigenvalue weighted by Crippen LogP contribution is -2.30. The maximum atomic E-state index is 12.9. The van der Waals surface area contributed by atoms with Crippen molar-refractivity contribution in [1.29, 1.82) is 0 Å². The molecule has 28 heavy (non-hydrogen) atoms. The van der Waals surface area contributed by atoms with Gasteiger partial charge in [0.25, 0.3) is 5.91 Å². The molecule has 0 bridgehead atoms. The van der Waals surface area contributed by atoms with Gasteiger partial charge in [-0.15, -0.1) is 0 Å². The Morgan fingerprint density at radius 3 is 2.32 bits per heavy atom. The zero-order valence-electron chi connectivity index (χ0n) is 16.9. The average molecular weight is 406 g/mol. The molecule has 0 spiro atoms. The molecule has 1 amide bonds. The van der Waals surface area contributed by atoms with E-state index in [2.05, 4.69) is 5.32 Å². The molecule has 2 rings (SSSR count). The van der Waals surface area contributed by atoms with Crippen LogP contribution in [0.5, 0.6) is 5.75 Å². The summed E-state index contributed by atoms with van der Waals surface area (Å²) in [6.45, 7) is 4.33. The van der Waals surface area contributed by atoms with E-state index in [1.807, 2.05) is 19.0 Å². The molecule has 0 saturated carbocycles. The van der Waals surface area contributed by atoms with Crippen molar-refractivity contribution in [3.05, 3.63) is 48.0 Å². The van der Waals surface area contributed by atoms with Crippen molar-refractivity contribution < 1.29 is 17.9 Å². The number of ether oxygens (including phenoxy) is 1. The summed E-state index contributed by atoms with van der Waals surface area (Å²) in [5.74, 6) is 0.220. The molecule has 152 valence electrons. The number of amides is 1. The van der Waals surface area contributed by atoms with Gasteiger partial charge in [0.1, 0.15) is 5.75 Å². The molecular formula is C20H27N3O4S. The van der Waals surface area contributed by atoms with E-state index in [1.54, 1.807) is 50.2 Å². The highest BCUT2D eigenvalue weighted by Gasteiger charge is 2.23. The Bertz CT molecular complexity index is 938. The number of hydrogen-bond donors (Lipinski definition) is 1. The van der Waals surface area contributed by atoms with Crippen molar-refractivity contribution in [1.82, 2.24) is 4.31 Å². The first-order chi connectivity index (χ1) is 13.2. The summed E-state index contributed by atoms with van der Waals surface area (Å²) in [4.78, 5) is 14.7. The Morgan fingerprint density at radius 2 is 1.75 bits per heavy atom. The Labute approximate surface area is 167 Å². The van der Waals surface area contributed by atoms with Crippen molar-refractivity contribution in [3.63, 3.8) is 0 Å². The monoisotopic (exact) mass is 405 g/mol. The zero-order valence-corrected chi connectivity index (χ0v) is 17.7. The van der Waals surface area contributed by atoms with Crippen LogP contribution < -0.4 is 15.0 Å². The van der Waals surface area contributed by atoms with Crippen molar-refractivity contribution in [2.24, 2.45) is 0 Å². The van der Waals surface area contributed by atoms with Gasteiger partial charge in [-0.2, -0.15) is 4.31 Å². The van der Waals surface area contributed by atoms with Crippen LogP contribution in [0.2, 0.25) is 0 Å². The lowest BCUT2D eigenvalue weighted by molar-refractivity contribution is 0.102. The Hall–Kier alpha value is -2.58. The molecule has 0 aliphatic rings. The third-order valence-corrected chi connectivity index (χ3v) is 6.42. The van der Waals surface area contributed by atoms with Gasteiger partial charge in [-0.05, 0) is 36.4 Å². The number of anilines is 2. The molecule has 2 aromatic rings. The van der Waals surface area contributed by atoms with Crippen molar-refractivity contribution in [2.45, 2.75) is 18.7 Å². The highest BCUT2D eigenvalue weighted by molar-refractivity contribution is 7.89. The van der Waals surface area contributed by atoms with Gasteiger partial charge in [0.2, 0.25) is 10.0 Å². The quantitative estimate of drug-likeness (QED) is 0.730. The average Bonchev–Trinajstić information content (AvgIpc) is 2.68. The normalized spacial score (nSPS) is 11.4. The van der Waals surface area contributed by atoms with Crippen LogP contribution in [0.25, 0.3) is 0 Å². The molecule has 0 aromatic heterocycles. The van der Waals surface area contributed by atoms with Gasteiger partial charge in [0.15, 0.2) is 0 Å². The number of nitrogens with zero attached hydrogens (tertiary/aromatic N) is 2. The smallest absolute Gasteiger partial charge is 0.255 e. The first kappa shape index (κ1) is 21.7. The Balaban J connectivity index is 2.45. The van der Waals surface area contributed by atoms with Crippen LogP contribution in [0.15, 0.2) is 47.4 Å². The second-order valence-electron chi connectivity index (χ2n) is 6.35. The Kier molecular flexibility index (Phi) is 7.04. The summed E-state index contributed by atoms with van der Waals surface area (Å²) >= 11 is 0. The van der Waals surface area contributed by atoms with Crippen molar-refractivity contribution in [3.8, 4) is 5.75 Å². The largest absolute Gasteiger partial charge is 0.497 e. The molecule has 0 saturated heterocycles. The predicted molar refractivity (Wildman–Crippen MR) is 112 cm³/mol. The first-order valence-electron chi connectivity index (χ1n) is 9.01. The molecule has 0 radical (unpaired) electrons. The number of carbonyl (C=O) groups excluding carboxylic acids is 1. The maximum Gasteiger partial charge on any atom is 0.255 e. The van der Waals surface area contributed by atoms with E-state index >= 15 is 0 Å². The summed E-state index contributed by atoms with van der Waals surface area (Å²) in [6, 6.07) is 11.5. The topological polar surface area (TPSA) is 79.0 Å². The molecule has 8 heteroatoms. The number of hydrogen-bond acceptors (Lipinski definition) is 5. The third-order valence-electron chi connectivity index (χ3n) is 4.37. The van der Waals surface area contributed by atoms with E-state index in [0.717, 1.165) is 0 Å². The van der Waals surface area contributed by atoms with Crippen LogP contribution in [0.1, 0.15) is 24.2 Å². The fourth-order valence-corrected chi connectivity index (χ4v) is 4.32. The number of benzene rings is 2. The highest BCUT2D eigenvalue weighted by Crippen LogP contribution is 2.29. The van der Waals surface area contributed by atoms with Crippen molar-refractivity contribution in [2.75, 3.05) is 44.5 Å². The fraction of sp³-hybridized carbons (Fsp3) is 0.350. The summed E-state index contributed by atoms with van der Waals surface area (Å²) < 4.78 is 32.2. The molecule has 1 N–H and O–H groups in total. The van der Waals surface area contributed by atoms with Gasteiger partial charge in [0, 0.05) is 32.7 Å². The molecule has 0 unspecified atom stereocenters. The molecular weight excluding hydrogens is 378 g/mol. The second kappa shape index (κ2) is 9.07. The summed E-state index contributed by atoms with van der Waals surface area (Å²) in [5.41, 5.74) is 1.54. The van der Waals surface area contributed by atoms with E-state index in [9.17, 15) is 13.2 Å². The predicted octanol–water partition coefficient (Wildman–Crippen LogP) is 3.04. The summed E-state index contributed by atoms with van der Waals surface area (Å²) in [5, 5.41) is 2.83. The minimum atomic E-state index is -3.63. The van der Waals surface area contributed by atoms with Gasteiger partial charge in [-0.25, -0.2) is 8.42 Å². The summed E-state index contributed by atoms with van der Waals surface area (Å²) in [7, 11) is 1.55. The molecule has 2 aromatic carbocycles. The molecule has 0 atom stereocenters. The minimum Gasteiger partial charge on any atom is -0.497 e. The number of methoxy groups -OCH3 is 1. The number of nitrogens with one attached hydrogen (secondary N) is 1. The first-order valence-corrected chi connectivity index (χ1v) is 10.5. The van der Waals surface area contributed by atoms with Crippen molar-refractivity contribution >= 4 is 27.3 Å². The minimum absolute atomic E-state index is 0.141. The van der Waals surface area contributed by atoms with Crippen LogP contribution >= 0.6 is 0 Å². The maximum absolute atomic E-state index is 12.9. The van der Waals surface area contributed by atoms with E-state index in [1.165, 1.54) is 17.5 Å². The molecule has 0 fully saturated rings. The number of rotatable bonds is 8. The summed E-state index contributed by atoms with van der Waals surface area (Å²) in [6.07, 6.45) is 0. The van der Waals surface area contributed by atoms with Gasteiger partial charge in [-0.3, -0.25) is 4.79 Å². The number of carbonyl (C=O) groups is 1. The van der Waals surface area contributed by atoms with E-state index < -0.39 is 10.0 Å². The van der Waals surface area contributed by atoms with Crippen LogP contribution in [0.4, 0.5) is 11.4 Å². The van der Waals surface area contributed by atoms with Gasteiger partial charge >= 0.3 is 0 Å². The van der Waals surface area contributed by atoms with Crippen LogP contribution in [0.3, 0.4) is 0 Å². The standard InChI is InChI=1S/C20H27N3O4S/c1-6-23(7-2)28(25,26)17-11-12-19(22(3)4)18(14-17)21-20(24)15-9-8-10-16(13-15)27-5/h8-14H,6-7H2,1-5H3,(H,21,24). The van der Waals surface area contributed by atoms with Gasteiger partial charge in [0.05, 0.1) is 23.4 Å². The SMILES string of the molecule is CCN(CC)S(=O)(=O)c1ccc(N(C)C)c(NC(=O)c2cccc(OC)c2)c1. The molecule has 7 nitrogen and oxygen atoms in total. The van der Waals surface area contributed by atoms with Crippen LogP contribution in [-0.2, 0) is 10.0 Å². The van der Waals surface area contributed by atoms with Crippen LogP contribution in [0, 0.1) is 0 Å². The Morgan fingerprint density at radius 1 is 1.07 bits per heavy atom. The van der Waals surface area contributed by atoms with E-state index in [-0.39, 0.29) is 10.8 Å². The van der Waals surface area contributed by atoms with Gasteiger partial charge in [-0.1, -0.05) is 19.9 Å². The molecule has 0 aliphatic carbocycles.